The Labute approximate surface area is 115 Å². The zero-order valence-electron chi connectivity index (χ0n) is 11.8. The number of aromatic amines is 1. The van der Waals surface area contributed by atoms with E-state index in [1.165, 1.54) is 19.3 Å². The number of nitrogens with two attached hydrogens (primary N) is 1. The Kier molecular flexibility index (Phi) is 3.73. The van der Waals surface area contributed by atoms with Gasteiger partial charge in [0.15, 0.2) is 0 Å². The summed E-state index contributed by atoms with van der Waals surface area (Å²) < 4.78 is 0. The lowest BCUT2D eigenvalue weighted by Crippen LogP contribution is -2.40. The summed E-state index contributed by atoms with van der Waals surface area (Å²) in [6.07, 6.45) is 7.49. The highest BCUT2D eigenvalue weighted by Gasteiger charge is 2.25. The summed E-state index contributed by atoms with van der Waals surface area (Å²) in [4.78, 5) is 6.94. The number of nitrogens with zero attached hydrogens (tertiary/aromatic N) is 3. The molecule has 106 valence electrons. The minimum Gasteiger partial charge on any atom is -0.340 e. The van der Waals surface area contributed by atoms with Crippen molar-refractivity contribution in [2.24, 2.45) is 17.6 Å². The van der Waals surface area contributed by atoms with Crippen LogP contribution in [0.25, 0.3) is 0 Å². The minimum atomic E-state index is 0.309. The van der Waals surface area contributed by atoms with E-state index < -0.39 is 0 Å². The number of aromatic nitrogens is 3. The maximum Gasteiger partial charge on any atom is 0.244 e. The van der Waals surface area contributed by atoms with Gasteiger partial charge in [-0.3, -0.25) is 5.10 Å². The molecule has 2 fully saturated rings. The van der Waals surface area contributed by atoms with Gasteiger partial charge in [0, 0.05) is 25.6 Å². The average Bonchev–Trinajstić information content (AvgIpc) is 2.82. The van der Waals surface area contributed by atoms with Crippen LogP contribution >= 0.6 is 0 Å². The zero-order chi connectivity index (χ0) is 13.2. The third kappa shape index (κ3) is 2.91. The van der Waals surface area contributed by atoms with E-state index in [9.17, 15) is 0 Å². The Hall–Kier alpha value is -1.10. The van der Waals surface area contributed by atoms with Crippen LogP contribution in [0.15, 0.2) is 0 Å². The number of hydrogen-bond acceptors (Lipinski definition) is 4. The molecule has 1 aromatic rings. The molecule has 0 spiro atoms. The van der Waals surface area contributed by atoms with E-state index in [-0.39, 0.29) is 0 Å². The molecule has 5 nitrogen and oxygen atoms in total. The van der Waals surface area contributed by atoms with Gasteiger partial charge in [-0.2, -0.15) is 4.98 Å². The smallest absolute Gasteiger partial charge is 0.244 e. The molecule has 1 saturated heterocycles. The molecule has 19 heavy (non-hydrogen) atoms. The molecular weight excluding hydrogens is 238 g/mol. The predicted molar refractivity (Wildman–Crippen MR) is 76.0 cm³/mol. The quantitative estimate of drug-likeness (QED) is 0.867. The molecule has 0 amide bonds. The van der Waals surface area contributed by atoms with Crippen molar-refractivity contribution in [2.45, 2.75) is 51.5 Å². The summed E-state index contributed by atoms with van der Waals surface area (Å²) in [7, 11) is 0. The molecule has 3 N–H and O–H groups in total. The van der Waals surface area contributed by atoms with Crippen LogP contribution in [0.1, 0.15) is 44.9 Å². The van der Waals surface area contributed by atoms with Crippen molar-refractivity contribution < 1.29 is 0 Å². The molecule has 0 bridgehead atoms. The molecule has 1 aliphatic heterocycles. The van der Waals surface area contributed by atoms with E-state index in [1.807, 2.05) is 0 Å². The molecule has 1 saturated carbocycles. The fraction of sp³-hybridized carbons (Fsp3) is 0.857. The number of hydrogen-bond donors (Lipinski definition) is 2. The molecule has 1 atom stereocenters. The lowest BCUT2D eigenvalue weighted by atomic mass is 9.83. The van der Waals surface area contributed by atoms with Crippen molar-refractivity contribution in [3.05, 3.63) is 5.82 Å². The topological polar surface area (TPSA) is 70.8 Å². The van der Waals surface area contributed by atoms with E-state index >= 15 is 0 Å². The van der Waals surface area contributed by atoms with E-state index in [1.54, 1.807) is 0 Å². The Morgan fingerprint density at radius 2 is 2.05 bits per heavy atom. The van der Waals surface area contributed by atoms with E-state index in [0.717, 1.165) is 50.0 Å². The minimum absolute atomic E-state index is 0.309. The summed E-state index contributed by atoms with van der Waals surface area (Å²) in [5, 5.41) is 7.49. The SMILES string of the molecule is CC(N)C1CCN(c2n[nH]c(CC3CCC3)n2)CC1. The van der Waals surface area contributed by atoms with Crippen LogP contribution < -0.4 is 10.6 Å². The highest BCUT2D eigenvalue weighted by atomic mass is 15.4. The van der Waals surface area contributed by atoms with Gasteiger partial charge in [-0.05, 0) is 31.6 Å². The van der Waals surface area contributed by atoms with Crippen molar-refractivity contribution in [1.82, 2.24) is 15.2 Å². The normalized spacial score (nSPS) is 23.4. The van der Waals surface area contributed by atoms with E-state index in [0.29, 0.717) is 12.0 Å². The molecule has 0 radical (unpaired) electrons. The van der Waals surface area contributed by atoms with Gasteiger partial charge in [-0.15, -0.1) is 5.10 Å². The Morgan fingerprint density at radius 1 is 1.32 bits per heavy atom. The van der Waals surface area contributed by atoms with Crippen LogP contribution in [0.2, 0.25) is 0 Å². The third-order valence-electron chi connectivity index (χ3n) is 4.79. The average molecular weight is 263 g/mol. The molecule has 3 rings (SSSR count). The lowest BCUT2D eigenvalue weighted by Gasteiger charge is -2.32. The third-order valence-corrected chi connectivity index (χ3v) is 4.79. The largest absolute Gasteiger partial charge is 0.340 e. The van der Waals surface area contributed by atoms with Crippen LogP contribution in [0.5, 0.6) is 0 Å². The summed E-state index contributed by atoms with van der Waals surface area (Å²) >= 11 is 0. The van der Waals surface area contributed by atoms with Crippen LogP contribution in [0.4, 0.5) is 5.95 Å². The summed E-state index contributed by atoms with van der Waals surface area (Å²) in [5.74, 6) is 3.45. The van der Waals surface area contributed by atoms with Crippen molar-refractivity contribution in [3.8, 4) is 0 Å². The van der Waals surface area contributed by atoms with Crippen molar-refractivity contribution in [3.63, 3.8) is 0 Å². The number of piperidine rings is 1. The number of H-pyrrole nitrogens is 1. The van der Waals surface area contributed by atoms with Crippen LogP contribution in [-0.4, -0.2) is 34.3 Å². The number of anilines is 1. The van der Waals surface area contributed by atoms with Crippen LogP contribution in [-0.2, 0) is 6.42 Å². The van der Waals surface area contributed by atoms with Crippen molar-refractivity contribution in [2.75, 3.05) is 18.0 Å². The van der Waals surface area contributed by atoms with Crippen LogP contribution in [0, 0.1) is 11.8 Å². The monoisotopic (exact) mass is 263 g/mol. The Bertz CT molecular complexity index is 402. The standard InChI is InChI=1S/C14H25N5/c1-10(15)12-5-7-19(8-6-12)14-16-13(17-18-14)9-11-3-2-4-11/h10-12H,2-9,15H2,1H3,(H,16,17,18). The van der Waals surface area contributed by atoms with Gasteiger partial charge < -0.3 is 10.6 Å². The Morgan fingerprint density at radius 3 is 2.63 bits per heavy atom. The van der Waals surface area contributed by atoms with E-state index in [2.05, 4.69) is 27.0 Å². The highest BCUT2D eigenvalue weighted by molar-refractivity contribution is 5.29. The Balaban J connectivity index is 1.54. The first-order valence-electron chi connectivity index (χ1n) is 7.64. The first-order chi connectivity index (χ1) is 9.22. The zero-order valence-corrected chi connectivity index (χ0v) is 11.8. The van der Waals surface area contributed by atoms with Gasteiger partial charge in [-0.1, -0.05) is 19.3 Å². The van der Waals surface area contributed by atoms with Crippen molar-refractivity contribution >= 4 is 5.95 Å². The molecule has 1 aliphatic carbocycles. The molecule has 1 unspecified atom stereocenters. The van der Waals surface area contributed by atoms with Gasteiger partial charge in [0.1, 0.15) is 5.82 Å². The molecule has 1 aromatic heterocycles. The van der Waals surface area contributed by atoms with Crippen LogP contribution in [0.3, 0.4) is 0 Å². The van der Waals surface area contributed by atoms with Gasteiger partial charge in [-0.25, -0.2) is 0 Å². The van der Waals surface area contributed by atoms with Gasteiger partial charge in [0.05, 0.1) is 0 Å². The maximum atomic E-state index is 5.98. The van der Waals surface area contributed by atoms with Gasteiger partial charge in [0.2, 0.25) is 5.95 Å². The molecular formula is C14H25N5. The highest BCUT2D eigenvalue weighted by Crippen LogP contribution is 2.29. The number of nitrogens with one attached hydrogen (secondary N) is 1. The van der Waals surface area contributed by atoms with Gasteiger partial charge in [0.25, 0.3) is 0 Å². The first kappa shape index (κ1) is 12.9. The lowest BCUT2D eigenvalue weighted by molar-refractivity contribution is 0.309. The van der Waals surface area contributed by atoms with Gasteiger partial charge >= 0.3 is 0 Å². The second-order valence-corrected chi connectivity index (χ2v) is 6.27. The summed E-state index contributed by atoms with van der Waals surface area (Å²) in [5.41, 5.74) is 5.98. The molecule has 2 aliphatic rings. The second kappa shape index (κ2) is 5.49. The second-order valence-electron chi connectivity index (χ2n) is 6.27. The fourth-order valence-electron chi connectivity index (χ4n) is 3.11. The van der Waals surface area contributed by atoms with Crippen molar-refractivity contribution in [1.29, 1.82) is 0 Å². The summed E-state index contributed by atoms with van der Waals surface area (Å²) in [6.45, 7) is 4.18. The first-order valence-corrected chi connectivity index (χ1v) is 7.64. The predicted octanol–water partition coefficient (Wildman–Crippen LogP) is 1.71. The summed E-state index contributed by atoms with van der Waals surface area (Å²) in [6, 6.07) is 0.309. The molecule has 2 heterocycles. The van der Waals surface area contributed by atoms with E-state index in [4.69, 9.17) is 5.73 Å². The fourth-order valence-corrected chi connectivity index (χ4v) is 3.11. The molecule has 5 heteroatoms. The number of rotatable bonds is 4. The molecule has 0 aromatic carbocycles. The maximum absolute atomic E-state index is 5.98.